The van der Waals surface area contributed by atoms with Crippen LogP contribution in [0.4, 0.5) is 0 Å². The van der Waals surface area contributed by atoms with E-state index in [1.807, 2.05) is 41.3 Å². The van der Waals surface area contributed by atoms with Gasteiger partial charge in [-0.3, -0.25) is 14.4 Å². The summed E-state index contributed by atoms with van der Waals surface area (Å²) in [5, 5.41) is 3.16. The lowest BCUT2D eigenvalue weighted by molar-refractivity contribution is -0.132. The average Bonchev–Trinajstić information content (AvgIpc) is 3.38. The highest BCUT2D eigenvalue weighted by Gasteiger charge is 2.30. The summed E-state index contributed by atoms with van der Waals surface area (Å²) in [6, 6.07) is 11.5. The van der Waals surface area contributed by atoms with E-state index in [0.717, 1.165) is 18.4 Å². The van der Waals surface area contributed by atoms with Gasteiger partial charge in [0.2, 0.25) is 11.8 Å². The number of piperidine rings is 2. The molecule has 7 nitrogen and oxygen atoms in total. The maximum atomic E-state index is 12.7. The molecule has 2 saturated heterocycles. The van der Waals surface area contributed by atoms with E-state index in [4.69, 9.17) is 4.42 Å². The second kappa shape index (κ2) is 10.3. The number of furan rings is 1. The van der Waals surface area contributed by atoms with Gasteiger partial charge >= 0.3 is 0 Å². The standard InChI is InChI=1S/C25H29N3O4/c29-23(7-6-19-4-2-1-3-5-19)27-13-8-20(9-14-27)24(30)26-22-10-15-28(16-11-22)25(31)21-12-17-32-18-21/h1-7,12,17-18,20,22H,8-11,13-16H2,(H,26,30)/b7-6+. The van der Waals surface area contributed by atoms with Crippen LogP contribution in [0.2, 0.25) is 0 Å². The molecule has 2 fully saturated rings. The van der Waals surface area contributed by atoms with E-state index in [9.17, 15) is 14.4 Å². The maximum Gasteiger partial charge on any atom is 0.257 e. The van der Waals surface area contributed by atoms with Crippen LogP contribution >= 0.6 is 0 Å². The van der Waals surface area contributed by atoms with Crippen molar-refractivity contribution in [2.45, 2.75) is 31.7 Å². The molecule has 0 atom stereocenters. The minimum atomic E-state index is -0.0669. The van der Waals surface area contributed by atoms with E-state index in [0.29, 0.717) is 44.6 Å². The van der Waals surface area contributed by atoms with E-state index < -0.39 is 0 Å². The van der Waals surface area contributed by atoms with Crippen molar-refractivity contribution in [3.05, 3.63) is 66.1 Å². The van der Waals surface area contributed by atoms with Crippen molar-refractivity contribution in [3.8, 4) is 0 Å². The Morgan fingerprint density at radius 2 is 1.59 bits per heavy atom. The predicted molar refractivity (Wildman–Crippen MR) is 121 cm³/mol. The van der Waals surface area contributed by atoms with Crippen LogP contribution in [0.25, 0.3) is 6.08 Å². The zero-order valence-electron chi connectivity index (χ0n) is 18.1. The van der Waals surface area contributed by atoms with Crippen LogP contribution in [0.1, 0.15) is 41.6 Å². The van der Waals surface area contributed by atoms with Gasteiger partial charge in [0.15, 0.2) is 0 Å². The molecular formula is C25H29N3O4. The third kappa shape index (κ3) is 5.46. The topological polar surface area (TPSA) is 82.9 Å². The van der Waals surface area contributed by atoms with Crippen molar-refractivity contribution in [3.63, 3.8) is 0 Å². The Kier molecular flexibility index (Phi) is 7.04. The largest absolute Gasteiger partial charge is 0.472 e. The Labute approximate surface area is 188 Å². The summed E-state index contributed by atoms with van der Waals surface area (Å²) < 4.78 is 4.99. The quantitative estimate of drug-likeness (QED) is 0.732. The number of likely N-dealkylation sites (tertiary alicyclic amines) is 2. The predicted octanol–water partition coefficient (Wildman–Crippen LogP) is 2.95. The Morgan fingerprint density at radius 1 is 0.906 bits per heavy atom. The molecule has 1 aromatic carbocycles. The van der Waals surface area contributed by atoms with Crippen LogP contribution in [0, 0.1) is 5.92 Å². The van der Waals surface area contributed by atoms with E-state index in [1.165, 1.54) is 12.5 Å². The zero-order chi connectivity index (χ0) is 22.3. The summed E-state index contributed by atoms with van der Waals surface area (Å²) in [5.74, 6) is -0.0384. The van der Waals surface area contributed by atoms with Crippen LogP contribution in [-0.2, 0) is 9.59 Å². The molecule has 0 spiro atoms. The molecule has 0 unspecified atom stereocenters. The minimum Gasteiger partial charge on any atom is -0.472 e. The van der Waals surface area contributed by atoms with E-state index in [-0.39, 0.29) is 29.7 Å². The second-order valence-corrected chi connectivity index (χ2v) is 8.43. The van der Waals surface area contributed by atoms with Crippen molar-refractivity contribution in [2.75, 3.05) is 26.2 Å². The highest BCUT2D eigenvalue weighted by atomic mass is 16.3. The molecule has 168 valence electrons. The molecule has 2 aliphatic heterocycles. The number of nitrogens with zero attached hydrogens (tertiary/aromatic N) is 2. The molecule has 1 aromatic heterocycles. The summed E-state index contributed by atoms with van der Waals surface area (Å²) in [5.41, 5.74) is 1.56. The number of amides is 3. The van der Waals surface area contributed by atoms with Gasteiger partial charge < -0.3 is 19.5 Å². The van der Waals surface area contributed by atoms with Gasteiger partial charge in [-0.2, -0.15) is 0 Å². The van der Waals surface area contributed by atoms with Crippen LogP contribution in [0.15, 0.2) is 59.4 Å². The minimum absolute atomic E-state index is 0.0117. The molecule has 7 heteroatoms. The summed E-state index contributed by atoms with van der Waals surface area (Å²) in [4.78, 5) is 41.2. The van der Waals surface area contributed by atoms with Crippen molar-refractivity contribution >= 4 is 23.8 Å². The molecule has 0 bridgehead atoms. The normalized spacial score (nSPS) is 18.1. The van der Waals surface area contributed by atoms with E-state index in [1.54, 1.807) is 17.0 Å². The number of rotatable bonds is 5. The first-order chi connectivity index (χ1) is 15.6. The molecule has 0 radical (unpaired) electrons. The molecule has 1 N–H and O–H groups in total. The first-order valence-electron chi connectivity index (χ1n) is 11.2. The summed E-state index contributed by atoms with van der Waals surface area (Å²) in [6.45, 7) is 2.42. The van der Waals surface area contributed by atoms with Crippen LogP contribution in [0.3, 0.4) is 0 Å². The first-order valence-corrected chi connectivity index (χ1v) is 11.2. The second-order valence-electron chi connectivity index (χ2n) is 8.43. The number of hydrogen-bond acceptors (Lipinski definition) is 4. The van der Waals surface area contributed by atoms with Gasteiger partial charge in [0, 0.05) is 44.2 Å². The Morgan fingerprint density at radius 3 is 2.25 bits per heavy atom. The van der Waals surface area contributed by atoms with Crippen molar-refractivity contribution < 1.29 is 18.8 Å². The van der Waals surface area contributed by atoms with Gasteiger partial charge in [0.1, 0.15) is 6.26 Å². The monoisotopic (exact) mass is 435 g/mol. The summed E-state index contributed by atoms with van der Waals surface area (Å²) >= 11 is 0. The third-order valence-corrected chi connectivity index (χ3v) is 6.29. The van der Waals surface area contributed by atoms with Crippen molar-refractivity contribution in [2.24, 2.45) is 5.92 Å². The van der Waals surface area contributed by atoms with E-state index in [2.05, 4.69) is 5.32 Å². The molecule has 4 rings (SSSR count). The maximum absolute atomic E-state index is 12.7. The van der Waals surface area contributed by atoms with E-state index >= 15 is 0 Å². The zero-order valence-corrected chi connectivity index (χ0v) is 18.1. The Balaban J connectivity index is 1.18. The van der Waals surface area contributed by atoms with Crippen LogP contribution < -0.4 is 5.32 Å². The lowest BCUT2D eigenvalue weighted by Gasteiger charge is -2.34. The molecular weight excluding hydrogens is 406 g/mol. The summed E-state index contributed by atoms with van der Waals surface area (Å²) in [7, 11) is 0. The fourth-order valence-electron chi connectivity index (χ4n) is 4.31. The number of nitrogens with one attached hydrogen (secondary N) is 1. The molecule has 2 aromatic rings. The van der Waals surface area contributed by atoms with Gasteiger partial charge in [0.05, 0.1) is 11.8 Å². The van der Waals surface area contributed by atoms with Crippen molar-refractivity contribution in [1.82, 2.24) is 15.1 Å². The highest BCUT2D eigenvalue weighted by Crippen LogP contribution is 2.20. The van der Waals surface area contributed by atoms with Crippen LogP contribution in [-0.4, -0.2) is 59.7 Å². The Bertz CT molecular complexity index is 939. The number of hydrogen-bond donors (Lipinski definition) is 1. The first kappa shape index (κ1) is 21.9. The SMILES string of the molecule is O=C(NC1CCN(C(=O)c2ccoc2)CC1)C1CCN(C(=O)/C=C/c2ccccc2)CC1. The average molecular weight is 436 g/mol. The summed E-state index contributed by atoms with van der Waals surface area (Å²) in [6.07, 6.45) is 9.24. The molecule has 32 heavy (non-hydrogen) atoms. The molecule has 0 aliphatic carbocycles. The smallest absolute Gasteiger partial charge is 0.257 e. The van der Waals surface area contributed by atoms with Gasteiger partial charge in [-0.1, -0.05) is 30.3 Å². The van der Waals surface area contributed by atoms with Gasteiger partial charge in [-0.15, -0.1) is 0 Å². The molecule has 3 amide bonds. The van der Waals surface area contributed by atoms with Crippen molar-refractivity contribution in [1.29, 1.82) is 0 Å². The van der Waals surface area contributed by atoms with Gasteiger partial charge in [-0.25, -0.2) is 0 Å². The number of carbonyl (C=O) groups excluding carboxylic acids is 3. The molecule has 2 aliphatic rings. The molecule has 3 heterocycles. The van der Waals surface area contributed by atoms with Gasteiger partial charge in [0.25, 0.3) is 5.91 Å². The number of carbonyl (C=O) groups is 3. The fraction of sp³-hybridized carbons (Fsp3) is 0.400. The molecule has 0 saturated carbocycles. The lowest BCUT2D eigenvalue weighted by atomic mass is 9.94. The van der Waals surface area contributed by atoms with Gasteiger partial charge in [-0.05, 0) is 43.4 Å². The van der Waals surface area contributed by atoms with Crippen LogP contribution in [0.5, 0.6) is 0 Å². The lowest BCUT2D eigenvalue weighted by Crippen LogP contribution is -2.49. The highest BCUT2D eigenvalue weighted by molar-refractivity contribution is 5.94. The fourth-order valence-corrected chi connectivity index (χ4v) is 4.31. The third-order valence-electron chi connectivity index (χ3n) is 6.29. The number of benzene rings is 1. The Hall–Kier alpha value is -3.35.